The molecule has 0 radical (unpaired) electrons. The first-order valence-corrected chi connectivity index (χ1v) is 11.9. The minimum absolute atomic E-state index is 0.0957. The molecular weight excluding hydrogens is 506 g/mol. The number of carbonyl (C=O) groups is 4. The van der Waals surface area contributed by atoms with Crippen LogP contribution in [0.4, 0.5) is 17.1 Å². The molecule has 0 saturated heterocycles. The van der Waals surface area contributed by atoms with E-state index in [0.717, 1.165) is 15.7 Å². The molecule has 0 saturated carbocycles. The van der Waals surface area contributed by atoms with Gasteiger partial charge in [0.25, 0.3) is 17.7 Å². The number of ether oxygens (including phenoxy) is 1. The first-order chi connectivity index (χ1) is 18.4. The van der Waals surface area contributed by atoms with Gasteiger partial charge in [-0.25, -0.2) is 9.69 Å². The van der Waals surface area contributed by atoms with Crippen LogP contribution in [0.3, 0.4) is 0 Å². The number of amides is 3. The van der Waals surface area contributed by atoms with Gasteiger partial charge in [0.15, 0.2) is 0 Å². The summed E-state index contributed by atoms with van der Waals surface area (Å²) in [5, 5.41) is 7.47. The van der Waals surface area contributed by atoms with E-state index in [1.54, 1.807) is 24.3 Å². The van der Waals surface area contributed by atoms with Gasteiger partial charge in [-0.05, 0) is 60.0 Å². The zero-order valence-corrected chi connectivity index (χ0v) is 20.8. The minimum atomic E-state index is -0.698. The Morgan fingerprint density at radius 1 is 0.789 bits per heavy atom. The third kappa shape index (κ3) is 4.60. The van der Waals surface area contributed by atoms with Crippen molar-refractivity contribution in [2.45, 2.75) is 0 Å². The third-order valence-corrected chi connectivity index (χ3v) is 6.38. The number of hydrogen-bond acceptors (Lipinski definition) is 6. The normalized spacial score (nSPS) is 13.2. The second-order valence-electron chi connectivity index (χ2n) is 8.36. The van der Waals surface area contributed by atoms with Gasteiger partial charge >= 0.3 is 5.97 Å². The van der Waals surface area contributed by atoms with Crippen molar-refractivity contribution in [1.29, 1.82) is 0 Å². The van der Waals surface area contributed by atoms with Crippen molar-refractivity contribution >= 4 is 63.1 Å². The summed E-state index contributed by atoms with van der Waals surface area (Å²) < 4.78 is 4.66. The van der Waals surface area contributed by atoms with Gasteiger partial charge in [-0.3, -0.25) is 14.4 Å². The number of nitrogens with zero attached hydrogens (tertiary/aromatic N) is 1. The van der Waals surface area contributed by atoms with E-state index in [-0.39, 0.29) is 27.9 Å². The Balaban J connectivity index is 1.30. The smallest absolute Gasteiger partial charge is 0.337 e. The van der Waals surface area contributed by atoms with Crippen molar-refractivity contribution in [3.63, 3.8) is 0 Å². The number of halogens is 1. The maximum Gasteiger partial charge on any atom is 0.337 e. The van der Waals surface area contributed by atoms with Gasteiger partial charge in [0, 0.05) is 22.3 Å². The molecule has 0 spiro atoms. The summed E-state index contributed by atoms with van der Waals surface area (Å²) in [4.78, 5) is 51.2. The molecule has 4 aromatic carbocycles. The second kappa shape index (κ2) is 10.2. The van der Waals surface area contributed by atoms with E-state index in [2.05, 4.69) is 15.4 Å². The van der Waals surface area contributed by atoms with Crippen molar-refractivity contribution in [2.75, 3.05) is 22.6 Å². The molecule has 1 heterocycles. The molecule has 1 aliphatic rings. The zero-order chi connectivity index (χ0) is 26.8. The Kier molecular flexibility index (Phi) is 6.64. The molecule has 38 heavy (non-hydrogen) atoms. The average Bonchev–Trinajstić information content (AvgIpc) is 3.16. The van der Waals surface area contributed by atoms with Crippen LogP contribution in [0.2, 0.25) is 0 Å². The number of rotatable bonds is 6. The molecule has 0 unspecified atom stereocenters. The molecule has 2 N–H and O–H groups in total. The predicted octanol–water partition coefficient (Wildman–Crippen LogP) is 5.31. The highest BCUT2D eigenvalue weighted by Crippen LogP contribution is 2.30. The van der Waals surface area contributed by atoms with Gasteiger partial charge in [-0.1, -0.05) is 48.0 Å². The van der Waals surface area contributed by atoms with Gasteiger partial charge < -0.3 is 15.4 Å². The van der Waals surface area contributed by atoms with Gasteiger partial charge in [-0.2, -0.15) is 0 Å². The number of benzene rings is 4. The maximum atomic E-state index is 13.0. The fourth-order valence-corrected chi connectivity index (χ4v) is 4.30. The molecule has 3 amide bonds. The summed E-state index contributed by atoms with van der Waals surface area (Å²) >= 11 is 6.21. The topological polar surface area (TPSA) is 105 Å². The molecule has 5 rings (SSSR count). The molecule has 0 aliphatic carbocycles. The molecule has 9 heteroatoms. The molecule has 1 aliphatic heterocycles. The van der Waals surface area contributed by atoms with Gasteiger partial charge in [0.1, 0.15) is 10.7 Å². The monoisotopic (exact) mass is 525 g/mol. The minimum Gasteiger partial charge on any atom is -0.465 e. The van der Waals surface area contributed by atoms with Crippen LogP contribution in [-0.4, -0.2) is 30.8 Å². The van der Waals surface area contributed by atoms with Crippen LogP contribution in [0.1, 0.15) is 20.7 Å². The summed E-state index contributed by atoms with van der Waals surface area (Å²) in [6, 6.07) is 25.7. The predicted molar refractivity (Wildman–Crippen MR) is 145 cm³/mol. The number of hydrogen-bond donors (Lipinski definition) is 2. The molecule has 0 atom stereocenters. The standard InChI is InChI=1S/C29H20ClN3O5/c1-38-29(37)19-11-15-21(16-12-19)33-27(35)24(30)25(28(33)36)31-20-13-9-18(10-14-20)26(34)32-23-8-4-6-17-5-2-3-7-22(17)23/h2-16,31H,1H3,(H,32,34). The Labute approximate surface area is 222 Å². The van der Waals surface area contributed by atoms with Gasteiger partial charge in [-0.15, -0.1) is 0 Å². The van der Waals surface area contributed by atoms with Gasteiger partial charge in [0.05, 0.1) is 18.4 Å². The maximum absolute atomic E-state index is 13.0. The highest BCUT2D eigenvalue weighted by molar-refractivity contribution is 6.53. The summed E-state index contributed by atoms with van der Waals surface area (Å²) in [5.74, 6) is -2.18. The first-order valence-electron chi connectivity index (χ1n) is 11.5. The summed E-state index contributed by atoms with van der Waals surface area (Å²) in [5.41, 5.74) is 2.00. The molecule has 0 fully saturated rings. The van der Waals surface area contributed by atoms with Crippen LogP contribution in [0, 0.1) is 0 Å². The van der Waals surface area contributed by atoms with Crippen LogP contribution < -0.4 is 15.5 Å². The second-order valence-corrected chi connectivity index (χ2v) is 8.73. The largest absolute Gasteiger partial charge is 0.465 e. The number of imide groups is 1. The van der Waals surface area contributed by atoms with E-state index >= 15 is 0 Å². The summed E-state index contributed by atoms with van der Waals surface area (Å²) in [7, 11) is 1.26. The van der Waals surface area contributed by atoms with Crippen molar-refractivity contribution in [3.05, 3.63) is 113 Å². The molecule has 8 nitrogen and oxygen atoms in total. The van der Waals surface area contributed by atoms with Crippen LogP contribution in [0.5, 0.6) is 0 Å². The van der Waals surface area contributed by atoms with Crippen molar-refractivity contribution in [1.82, 2.24) is 0 Å². The Hall–Kier alpha value is -4.95. The lowest BCUT2D eigenvalue weighted by Crippen LogP contribution is -2.32. The quantitative estimate of drug-likeness (QED) is 0.261. The van der Waals surface area contributed by atoms with Gasteiger partial charge in [0.2, 0.25) is 0 Å². The Morgan fingerprint density at radius 3 is 2.16 bits per heavy atom. The Bertz CT molecular complexity index is 1620. The number of fused-ring (bicyclic) bond motifs is 1. The van der Waals surface area contributed by atoms with Crippen molar-refractivity contribution in [3.8, 4) is 0 Å². The van der Waals surface area contributed by atoms with Crippen molar-refractivity contribution < 1.29 is 23.9 Å². The SMILES string of the molecule is COC(=O)c1ccc(N2C(=O)C(Cl)=C(Nc3ccc(C(=O)Nc4cccc5ccccc45)cc3)C2=O)cc1. The van der Waals surface area contributed by atoms with E-state index in [0.29, 0.717) is 16.9 Å². The Morgan fingerprint density at radius 2 is 1.45 bits per heavy atom. The lowest BCUT2D eigenvalue weighted by atomic mass is 10.1. The molecule has 4 aromatic rings. The van der Waals surface area contributed by atoms with E-state index in [1.807, 2.05) is 42.5 Å². The number of anilines is 3. The highest BCUT2D eigenvalue weighted by Gasteiger charge is 2.39. The summed E-state index contributed by atoms with van der Waals surface area (Å²) in [6.07, 6.45) is 0. The van der Waals surface area contributed by atoms with Crippen LogP contribution in [-0.2, 0) is 14.3 Å². The lowest BCUT2D eigenvalue weighted by Gasteiger charge is -2.15. The summed E-state index contributed by atoms with van der Waals surface area (Å²) in [6.45, 7) is 0. The molecule has 0 aromatic heterocycles. The number of methoxy groups -OCH3 is 1. The fourth-order valence-electron chi connectivity index (χ4n) is 4.09. The fraction of sp³-hybridized carbons (Fsp3) is 0.0345. The number of carbonyl (C=O) groups excluding carboxylic acids is 4. The third-order valence-electron chi connectivity index (χ3n) is 6.03. The van der Waals surface area contributed by atoms with E-state index in [1.165, 1.54) is 31.4 Å². The number of nitrogens with one attached hydrogen (secondary N) is 2. The lowest BCUT2D eigenvalue weighted by molar-refractivity contribution is -0.120. The van der Waals surface area contributed by atoms with Crippen LogP contribution in [0.15, 0.2) is 102 Å². The van der Waals surface area contributed by atoms with Crippen LogP contribution in [0.25, 0.3) is 10.8 Å². The number of esters is 1. The van der Waals surface area contributed by atoms with E-state index in [4.69, 9.17) is 11.6 Å². The van der Waals surface area contributed by atoms with Crippen molar-refractivity contribution in [2.24, 2.45) is 0 Å². The van der Waals surface area contributed by atoms with Crippen LogP contribution >= 0.6 is 11.6 Å². The van der Waals surface area contributed by atoms with E-state index < -0.39 is 17.8 Å². The molecular formula is C29H20ClN3O5. The molecule has 188 valence electrons. The molecule has 0 bridgehead atoms. The average molecular weight is 526 g/mol. The van der Waals surface area contributed by atoms with E-state index in [9.17, 15) is 19.2 Å². The highest BCUT2D eigenvalue weighted by atomic mass is 35.5. The zero-order valence-electron chi connectivity index (χ0n) is 20.0. The first kappa shape index (κ1) is 24.7.